The van der Waals surface area contributed by atoms with Gasteiger partial charge in [-0.2, -0.15) is 0 Å². The number of para-hydroxylation sites is 2. The van der Waals surface area contributed by atoms with Gasteiger partial charge in [0.15, 0.2) is 0 Å². The predicted octanol–water partition coefficient (Wildman–Crippen LogP) is 3.45. The summed E-state index contributed by atoms with van der Waals surface area (Å²) in [5.41, 5.74) is 1.89. The molecule has 1 aliphatic heterocycles. The van der Waals surface area contributed by atoms with Crippen LogP contribution in [-0.4, -0.2) is 4.21 Å². The van der Waals surface area contributed by atoms with Crippen LogP contribution in [0.2, 0.25) is 0 Å². The molecule has 0 spiro atoms. The van der Waals surface area contributed by atoms with Gasteiger partial charge in [0.1, 0.15) is 0 Å². The molecule has 1 heterocycles. The molecule has 3 heteroatoms. The molecule has 17 heavy (non-hydrogen) atoms. The summed E-state index contributed by atoms with van der Waals surface area (Å²) in [6.07, 6.45) is 1.76. The molecule has 0 saturated heterocycles. The van der Waals surface area contributed by atoms with Gasteiger partial charge in [-0.3, -0.25) is 0 Å². The van der Waals surface area contributed by atoms with E-state index in [9.17, 15) is 4.21 Å². The molecule has 0 unspecified atom stereocenters. The van der Waals surface area contributed by atoms with Crippen LogP contribution in [0.5, 0.6) is 0 Å². The third-order valence-corrected chi connectivity index (χ3v) is 4.32. The average Bonchev–Trinajstić information content (AvgIpc) is 2.40. The normalized spacial score (nSPS) is 14.0. The molecule has 0 fully saturated rings. The SMILES string of the molecule is C=CN1c2ccccc2S(=O)c2ccccc21. The van der Waals surface area contributed by atoms with Crippen molar-refractivity contribution in [3.05, 3.63) is 61.3 Å². The monoisotopic (exact) mass is 241 g/mol. The number of hydrogen-bond acceptors (Lipinski definition) is 2. The van der Waals surface area contributed by atoms with E-state index >= 15 is 0 Å². The molecule has 0 bridgehead atoms. The number of rotatable bonds is 1. The van der Waals surface area contributed by atoms with Crippen molar-refractivity contribution < 1.29 is 4.21 Å². The maximum Gasteiger partial charge on any atom is 0.0892 e. The fourth-order valence-corrected chi connectivity index (χ4v) is 3.42. The zero-order chi connectivity index (χ0) is 11.8. The Morgan fingerprint density at radius 3 is 1.88 bits per heavy atom. The van der Waals surface area contributed by atoms with Gasteiger partial charge in [-0.1, -0.05) is 30.8 Å². The van der Waals surface area contributed by atoms with Crippen molar-refractivity contribution in [2.45, 2.75) is 9.79 Å². The topological polar surface area (TPSA) is 20.3 Å². The van der Waals surface area contributed by atoms with Gasteiger partial charge in [0, 0.05) is 6.20 Å². The molecule has 84 valence electrons. The Balaban J connectivity index is 2.33. The summed E-state index contributed by atoms with van der Waals surface area (Å²) in [6.45, 7) is 3.83. The summed E-state index contributed by atoms with van der Waals surface area (Å²) in [4.78, 5) is 3.66. The quantitative estimate of drug-likeness (QED) is 0.762. The highest BCUT2D eigenvalue weighted by atomic mass is 32.2. The lowest BCUT2D eigenvalue weighted by Crippen LogP contribution is -2.17. The minimum atomic E-state index is -1.10. The van der Waals surface area contributed by atoms with E-state index in [1.54, 1.807) is 6.20 Å². The van der Waals surface area contributed by atoms with E-state index in [2.05, 4.69) is 6.58 Å². The Hall–Kier alpha value is -1.87. The average molecular weight is 241 g/mol. The summed E-state index contributed by atoms with van der Waals surface area (Å²) >= 11 is 0. The Labute approximate surface area is 103 Å². The number of fused-ring (bicyclic) bond motifs is 2. The first-order valence-electron chi connectivity index (χ1n) is 5.34. The van der Waals surface area contributed by atoms with Crippen LogP contribution in [0.3, 0.4) is 0 Å². The van der Waals surface area contributed by atoms with Crippen molar-refractivity contribution in [1.82, 2.24) is 0 Å². The van der Waals surface area contributed by atoms with Gasteiger partial charge in [0.05, 0.1) is 32.0 Å². The van der Waals surface area contributed by atoms with Gasteiger partial charge in [-0.05, 0) is 24.3 Å². The first-order valence-corrected chi connectivity index (χ1v) is 6.49. The lowest BCUT2D eigenvalue weighted by molar-refractivity contribution is 0.682. The van der Waals surface area contributed by atoms with E-state index in [0.29, 0.717) is 0 Å². The van der Waals surface area contributed by atoms with Crippen LogP contribution in [0.1, 0.15) is 0 Å². The van der Waals surface area contributed by atoms with Crippen LogP contribution in [0, 0.1) is 0 Å². The molecule has 0 atom stereocenters. The minimum absolute atomic E-state index is 0.839. The first kappa shape index (κ1) is 10.3. The third-order valence-electron chi connectivity index (χ3n) is 2.83. The highest BCUT2D eigenvalue weighted by Gasteiger charge is 2.25. The lowest BCUT2D eigenvalue weighted by atomic mass is 10.2. The van der Waals surface area contributed by atoms with Gasteiger partial charge in [0.25, 0.3) is 0 Å². The predicted molar refractivity (Wildman–Crippen MR) is 69.9 cm³/mol. The van der Waals surface area contributed by atoms with Crippen molar-refractivity contribution in [3.8, 4) is 0 Å². The smallest absolute Gasteiger partial charge is 0.0892 e. The van der Waals surface area contributed by atoms with Crippen LogP contribution in [0.25, 0.3) is 0 Å². The van der Waals surface area contributed by atoms with Crippen molar-refractivity contribution in [2.24, 2.45) is 0 Å². The second-order valence-electron chi connectivity index (χ2n) is 3.76. The van der Waals surface area contributed by atoms with E-state index < -0.39 is 10.8 Å². The molecule has 2 nitrogen and oxygen atoms in total. The second-order valence-corrected chi connectivity index (χ2v) is 5.17. The summed E-state index contributed by atoms with van der Waals surface area (Å²) in [7, 11) is -1.10. The molecular formula is C14H11NOS. The molecule has 0 radical (unpaired) electrons. The van der Waals surface area contributed by atoms with E-state index in [1.165, 1.54) is 0 Å². The van der Waals surface area contributed by atoms with E-state index in [0.717, 1.165) is 21.2 Å². The summed E-state index contributed by atoms with van der Waals surface area (Å²) < 4.78 is 12.4. The van der Waals surface area contributed by atoms with Gasteiger partial charge < -0.3 is 4.90 Å². The minimum Gasteiger partial charge on any atom is -0.315 e. The van der Waals surface area contributed by atoms with E-state index in [-0.39, 0.29) is 0 Å². The molecule has 0 N–H and O–H groups in total. The van der Waals surface area contributed by atoms with E-state index in [1.807, 2.05) is 53.4 Å². The molecule has 2 aromatic carbocycles. The zero-order valence-electron chi connectivity index (χ0n) is 9.17. The van der Waals surface area contributed by atoms with Gasteiger partial charge in [-0.15, -0.1) is 0 Å². The summed E-state index contributed by atoms with van der Waals surface area (Å²) in [5.74, 6) is 0. The summed E-state index contributed by atoms with van der Waals surface area (Å²) in [6, 6.07) is 15.4. The van der Waals surface area contributed by atoms with Crippen molar-refractivity contribution >= 4 is 22.2 Å². The molecular weight excluding hydrogens is 230 g/mol. The molecule has 0 amide bonds. The van der Waals surface area contributed by atoms with Crippen LogP contribution < -0.4 is 4.90 Å². The number of nitrogens with zero attached hydrogens (tertiary/aromatic N) is 1. The van der Waals surface area contributed by atoms with Gasteiger partial charge in [-0.25, -0.2) is 4.21 Å². The summed E-state index contributed by atoms with van der Waals surface area (Å²) in [5, 5.41) is 0. The number of hydrogen-bond donors (Lipinski definition) is 0. The van der Waals surface area contributed by atoms with Crippen LogP contribution >= 0.6 is 0 Å². The molecule has 0 aromatic heterocycles. The van der Waals surface area contributed by atoms with Crippen LogP contribution in [0.4, 0.5) is 11.4 Å². The highest BCUT2D eigenvalue weighted by molar-refractivity contribution is 7.85. The van der Waals surface area contributed by atoms with Gasteiger partial charge >= 0.3 is 0 Å². The lowest BCUT2D eigenvalue weighted by Gasteiger charge is -2.29. The van der Waals surface area contributed by atoms with Gasteiger partial charge in [0.2, 0.25) is 0 Å². The second kappa shape index (κ2) is 3.86. The Kier molecular flexibility index (Phi) is 2.34. The highest BCUT2D eigenvalue weighted by Crippen LogP contribution is 2.41. The number of anilines is 2. The van der Waals surface area contributed by atoms with Crippen molar-refractivity contribution in [1.29, 1.82) is 0 Å². The Morgan fingerprint density at radius 1 is 0.941 bits per heavy atom. The van der Waals surface area contributed by atoms with Crippen molar-refractivity contribution in [2.75, 3.05) is 4.90 Å². The largest absolute Gasteiger partial charge is 0.315 e. The molecule has 2 aromatic rings. The molecule has 3 rings (SSSR count). The van der Waals surface area contributed by atoms with E-state index in [4.69, 9.17) is 0 Å². The third kappa shape index (κ3) is 1.43. The van der Waals surface area contributed by atoms with Crippen LogP contribution in [0.15, 0.2) is 71.1 Å². The fourth-order valence-electron chi connectivity index (χ4n) is 2.07. The van der Waals surface area contributed by atoms with Crippen molar-refractivity contribution in [3.63, 3.8) is 0 Å². The maximum absolute atomic E-state index is 12.4. The zero-order valence-corrected chi connectivity index (χ0v) is 9.98. The molecule has 1 aliphatic rings. The Bertz CT molecular complexity index is 572. The maximum atomic E-state index is 12.4. The molecule has 0 saturated carbocycles. The van der Waals surface area contributed by atoms with Crippen LogP contribution in [-0.2, 0) is 10.8 Å². The first-order chi connectivity index (χ1) is 8.33. The number of benzene rings is 2. The Morgan fingerprint density at radius 2 is 1.41 bits per heavy atom. The standard InChI is InChI=1S/C14H11NOS/c1-2-15-11-7-3-5-9-13(11)17(16)14-10-6-4-8-12(14)15/h2-10H,1H2. The fraction of sp³-hybridized carbons (Fsp3) is 0. The molecule has 0 aliphatic carbocycles.